The van der Waals surface area contributed by atoms with E-state index in [1.165, 1.54) is 5.69 Å². The Balaban J connectivity index is 1.54. The number of aromatic amines is 1. The molecule has 0 amide bonds. The molecule has 28 heavy (non-hydrogen) atoms. The summed E-state index contributed by atoms with van der Waals surface area (Å²) >= 11 is 0. The molecule has 0 saturated carbocycles. The first-order chi connectivity index (χ1) is 13.8. The van der Waals surface area contributed by atoms with Gasteiger partial charge in [0, 0.05) is 24.5 Å². The largest absolute Gasteiger partial charge is 0.461 e. The molecular weight excluding hydrogens is 356 g/mol. The summed E-state index contributed by atoms with van der Waals surface area (Å²) in [5, 5.41) is 10.6. The second kappa shape index (κ2) is 6.97. The maximum Gasteiger partial charge on any atom is 0.198 e. The molecule has 1 saturated heterocycles. The molecule has 0 bridgehead atoms. The van der Waals surface area contributed by atoms with Gasteiger partial charge in [0.2, 0.25) is 0 Å². The second-order valence-electron chi connectivity index (χ2n) is 6.68. The summed E-state index contributed by atoms with van der Waals surface area (Å²) in [6, 6.07) is 9.91. The molecular formula is C20H20N6O2. The molecule has 0 aliphatic carbocycles. The third kappa shape index (κ3) is 2.97. The lowest BCUT2D eigenvalue weighted by atomic mass is 10.1. The topological polar surface area (TPSA) is 92.1 Å². The Kier molecular flexibility index (Phi) is 4.17. The van der Waals surface area contributed by atoms with Crippen LogP contribution in [0.15, 0.2) is 47.2 Å². The highest BCUT2D eigenvalue weighted by atomic mass is 16.5. The quantitative estimate of drug-likeness (QED) is 0.563. The Bertz CT molecular complexity index is 1100. The summed E-state index contributed by atoms with van der Waals surface area (Å²) in [5.41, 5.74) is 4.84. The molecule has 8 heteroatoms. The van der Waals surface area contributed by atoms with Gasteiger partial charge in [0.1, 0.15) is 11.0 Å². The van der Waals surface area contributed by atoms with Gasteiger partial charge in [-0.25, -0.2) is 9.97 Å². The van der Waals surface area contributed by atoms with Gasteiger partial charge in [0.15, 0.2) is 17.4 Å². The van der Waals surface area contributed by atoms with Crippen LogP contribution in [0.2, 0.25) is 0 Å². The van der Waals surface area contributed by atoms with E-state index in [4.69, 9.17) is 9.15 Å². The zero-order valence-electron chi connectivity index (χ0n) is 15.5. The fourth-order valence-corrected chi connectivity index (χ4v) is 3.48. The number of nitrogens with one attached hydrogen (secondary N) is 2. The maximum atomic E-state index is 5.48. The van der Waals surface area contributed by atoms with Gasteiger partial charge in [0.25, 0.3) is 0 Å². The van der Waals surface area contributed by atoms with Crippen molar-refractivity contribution in [3.05, 3.63) is 48.4 Å². The Hall–Kier alpha value is -3.39. The minimum Gasteiger partial charge on any atom is -0.461 e. The SMILES string of the molecule is Cc1c(Nc2nc(-c3ccco3)nc3cn[nH]c23)cccc1N1CCOCC1. The predicted molar refractivity (Wildman–Crippen MR) is 107 cm³/mol. The molecule has 0 unspecified atom stereocenters. The van der Waals surface area contributed by atoms with E-state index in [0.29, 0.717) is 17.4 Å². The van der Waals surface area contributed by atoms with Crippen molar-refractivity contribution >= 4 is 28.2 Å². The van der Waals surface area contributed by atoms with Crippen LogP contribution in [0.5, 0.6) is 0 Å². The third-order valence-electron chi connectivity index (χ3n) is 4.95. The molecule has 4 heterocycles. The standard InChI is InChI=1S/C20H20N6O2/c1-13-14(4-2-5-16(13)26-7-10-27-11-8-26)22-20-18-15(12-21-25-18)23-19(24-20)17-6-3-9-28-17/h2-6,9,12H,7-8,10-11H2,1H3,(H,21,25)(H,22,23,24). The van der Waals surface area contributed by atoms with E-state index in [2.05, 4.69) is 55.5 Å². The summed E-state index contributed by atoms with van der Waals surface area (Å²) in [6.07, 6.45) is 3.30. The summed E-state index contributed by atoms with van der Waals surface area (Å²) in [6.45, 7) is 5.41. The van der Waals surface area contributed by atoms with E-state index in [1.54, 1.807) is 12.5 Å². The van der Waals surface area contributed by atoms with Gasteiger partial charge in [-0.05, 0) is 36.8 Å². The molecule has 3 aromatic heterocycles. The van der Waals surface area contributed by atoms with Crippen molar-refractivity contribution in [3.8, 4) is 11.6 Å². The lowest BCUT2D eigenvalue weighted by molar-refractivity contribution is 0.122. The van der Waals surface area contributed by atoms with Crippen LogP contribution < -0.4 is 10.2 Å². The molecule has 4 aromatic rings. The minimum atomic E-state index is 0.517. The number of hydrogen-bond acceptors (Lipinski definition) is 7. The molecule has 142 valence electrons. The summed E-state index contributed by atoms with van der Waals surface area (Å²) < 4.78 is 11.0. The average Bonchev–Trinajstić information content (AvgIpc) is 3.42. The number of morpholine rings is 1. The number of benzene rings is 1. The summed E-state index contributed by atoms with van der Waals surface area (Å²) in [5.74, 6) is 1.80. The van der Waals surface area contributed by atoms with Crippen molar-refractivity contribution in [2.75, 3.05) is 36.5 Å². The number of fused-ring (bicyclic) bond motifs is 1. The van der Waals surface area contributed by atoms with Crippen molar-refractivity contribution in [3.63, 3.8) is 0 Å². The van der Waals surface area contributed by atoms with Crippen LogP contribution in [0.1, 0.15) is 5.56 Å². The lowest BCUT2D eigenvalue weighted by Gasteiger charge is -2.30. The predicted octanol–water partition coefficient (Wildman–Crippen LogP) is 3.50. The van der Waals surface area contributed by atoms with Crippen LogP contribution in [0.25, 0.3) is 22.6 Å². The van der Waals surface area contributed by atoms with Crippen LogP contribution in [0.3, 0.4) is 0 Å². The summed E-state index contributed by atoms with van der Waals surface area (Å²) in [4.78, 5) is 11.6. The van der Waals surface area contributed by atoms with E-state index in [9.17, 15) is 0 Å². The van der Waals surface area contributed by atoms with Crippen molar-refractivity contribution in [2.45, 2.75) is 6.92 Å². The highest BCUT2D eigenvalue weighted by molar-refractivity contribution is 5.89. The van der Waals surface area contributed by atoms with Crippen molar-refractivity contribution in [1.82, 2.24) is 20.2 Å². The molecule has 1 aromatic carbocycles. The van der Waals surface area contributed by atoms with E-state index >= 15 is 0 Å². The number of aromatic nitrogens is 4. The summed E-state index contributed by atoms with van der Waals surface area (Å²) in [7, 11) is 0. The van der Waals surface area contributed by atoms with Crippen molar-refractivity contribution in [1.29, 1.82) is 0 Å². The number of nitrogens with zero attached hydrogens (tertiary/aromatic N) is 4. The van der Waals surface area contributed by atoms with Crippen molar-refractivity contribution < 1.29 is 9.15 Å². The zero-order chi connectivity index (χ0) is 18.9. The Labute approximate surface area is 161 Å². The number of hydrogen-bond donors (Lipinski definition) is 2. The fraction of sp³-hybridized carbons (Fsp3) is 0.250. The van der Waals surface area contributed by atoms with Gasteiger partial charge in [-0.2, -0.15) is 5.10 Å². The average molecular weight is 376 g/mol. The number of anilines is 3. The molecule has 0 radical (unpaired) electrons. The Morgan fingerprint density at radius 3 is 2.82 bits per heavy atom. The van der Waals surface area contributed by atoms with E-state index in [1.807, 2.05) is 12.1 Å². The normalized spacial score (nSPS) is 14.5. The van der Waals surface area contributed by atoms with Crippen molar-refractivity contribution in [2.24, 2.45) is 0 Å². The molecule has 0 atom stereocenters. The number of furan rings is 1. The van der Waals surface area contributed by atoms with Crippen LogP contribution >= 0.6 is 0 Å². The molecule has 0 spiro atoms. The Morgan fingerprint density at radius 2 is 2.00 bits per heavy atom. The first kappa shape index (κ1) is 16.8. The van der Waals surface area contributed by atoms with E-state index in [-0.39, 0.29) is 0 Å². The van der Waals surface area contributed by atoms with Gasteiger partial charge in [-0.15, -0.1) is 0 Å². The van der Waals surface area contributed by atoms with Crippen LogP contribution in [-0.2, 0) is 4.74 Å². The second-order valence-corrected chi connectivity index (χ2v) is 6.68. The van der Waals surface area contributed by atoms with Gasteiger partial charge in [-0.1, -0.05) is 6.07 Å². The zero-order valence-corrected chi connectivity index (χ0v) is 15.5. The lowest BCUT2D eigenvalue weighted by Crippen LogP contribution is -2.36. The van der Waals surface area contributed by atoms with E-state index in [0.717, 1.165) is 48.6 Å². The smallest absolute Gasteiger partial charge is 0.198 e. The maximum absolute atomic E-state index is 5.48. The first-order valence-electron chi connectivity index (χ1n) is 9.24. The molecule has 2 N–H and O–H groups in total. The number of rotatable bonds is 4. The highest BCUT2D eigenvalue weighted by Gasteiger charge is 2.17. The third-order valence-corrected chi connectivity index (χ3v) is 4.95. The number of ether oxygens (including phenoxy) is 1. The Morgan fingerprint density at radius 1 is 1.11 bits per heavy atom. The molecule has 1 fully saturated rings. The van der Waals surface area contributed by atoms with Gasteiger partial charge >= 0.3 is 0 Å². The molecule has 1 aliphatic rings. The van der Waals surface area contributed by atoms with Crippen LogP contribution in [0.4, 0.5) is 17.2 Å². The van der Waals surface area contributed by atoms with Gasteiger partial charge in [-0.3, -0.25) is 5.10 Å². The monoisotopic (exact) mass is 376 g/mol. The van der Waals surface area contributed by atoms with Crippen LogP contribution in [-0.4, -0.2) is 46.5 Å². The molecule has 5 rings (SSSR count). The highest BCUT2D eigenvalue weighted by Crippen LogP contribution is 2.31. The first-order valence-corrected chi connectivity index (χ1v) is 9.24. The van der Waals surface area contributed by atoms with Gasteiger partial charge < -0.3 is 19.4 Å². The van der Waals surface area contributed by atoms with Crippen LogP contribution in [0, 0.1) is 6.92 Å². The number of H-pyrrole nitrogens is 1. The molecule has 1 aliphatic heterocycles. The molecule has 8 nitrogen and oxygen atoms in total. The minimum absolute atomic E-state index is 0.517. The fourth-order valence-electron chi connectivity index (χ4n) is 3.48. The van der Waals surface area contributed by atoms with Gasteiger partial charge in [0.05, 0.1) is 25.7 Å². The van der Waals surface area contributed by atoms with E-state index < -0.39 is 0 Å².